The van der Waals surface area contributed by atoms with Crippen LogP contribution in [0.2, 0.25) is 0 Å². The second-order valence-electron chi connectivity index (χ2n) is 6.55. The van der Waals surface area contributed by atoms with Gasteiger partial charge in [0, 0.05) is 31.4 Å². The van der Waals surface area contributed by atoms with Gasteiger partial charge in [0.2, 0.25) is 0 Å². The van der Waals surface area contributed by atoms with Gasteiger partial charge in [0.25, 0.3) is 0 Å². The van der Waals surface area contributed by atoms with Gasteiger partial charge in [0.05, 0.1) is 12.2 Å². The zero-order valence-electron chi connectivity index (χ0n) is 15.1. The molecule has 23 heavy (non-hydrogen) atoms. The summed E-state index contributed by atoms with van der Waals surface area (Å²) in [5.74, 6) is 0.152. The number of esters is 1. The van der Waals surface area contributed by atoms with E-state index in [4.69, 9.17) is 9.47 Å². The maximum absolute atomic E-state index is 11.5. The Morgan fingerprint density at radius 3 is 2.70 bits per heavy atom. The molecule has 0 aromatic carbocycles. The van der Waals surface area contributed by atoms with E-state index in [1.807, 2.05) is 26.0 Å². The van der Waals surface area contributed by atoms with Gasteiger partial charge in [-0.05, 0) is 25.7 Å². The molecule has 1 aliphatic heterocycles. The van der Waals surface area contributed by atoms with Crippen LogP contribution in [0, 0.1) is 17.8 Å². The number of cyclic esters (lactones) is 1. The largest absolute Gasteiger partial charge is 0.458 e. The van der Waals surface area contributed by atoms with Crippen LogP contribution in [-0.2, 0) is 14.3 Å². The molecular formula is C19H32O4. The van der Waals surface area contributed by atoms with Gasteiger partial charge >= 0.3 is 5.97 Å². The Morgan fingerprint density at radius 2 is 2.13 bits per heavy atom. The molecule has 0 amide bonds. The third-order valence-electron chi connectivity index (χ3n) is 4.87. The highest BCUT2D eigenvalue weighted by Crippen LogP contribution is 2.29. The van der Waals surface area contributed by atoms with Crippen molar-refractivity contribution < 1.29 is 19.4 Å². The highest BCUT2D eigenvalue weighted by atomic mass is 16.5. The zero-order chi connectivity index (χ0) is 17.4. The molecule has 1 rings (SSSR count). The fourth-order valence-corrected chi connectivity index (χ4v) is 3.35. The van der Waals surface area contributed by atoms with Gasteiger partial charge in [-0.1, -0.05) is 39.0 Å². The van der Waals surface area contributed by atoms with Crippen LogP contribution in [0.4, 0.5) is 0 Å². The highest BCUT2D eigenvalue weighted by Gasteiger charge is 2.33. The third kappa shape index (κ3) is 5.78. The van der Waals surface area contributed by atoms with E-state index in [-0.39, 0.29) is 30.0 Å². The van der Waals surface area contributed by atoms with E-state index >= 15 is 0 Å². The van der Waals surface area contributed by atoms with E-state index in [1.54, 1.807) is 7.11 Å². The Balaban J connectivity index is 2.68. The molecule has 4 heteroatoms. The SMILES string of the molecule is C/C=C/C[C@@H](C)[C@H](OC)[C@H](C)[C@@H](O)C[C@@H]1OC(=O)C=C[C@@H]1CC. The fourth-order valence-electron chi connectivity index (χ4n) is 3.35. The number of hydrogen-bond donors (Lipinski definition) is 1. The summed E-state index contributed by atoms with van der Waals surface area (Å²) in [4.78, 5) is 11.5. The van der Waals surface area contributed by atoms with E-state index in [2.05, 4.69) is 19.9 Å². The van der Waals surface area contributed by atoms with Crippen LogP contribution in [0.3, 0.4) is 0 Å². The molecule has 1 aliphatic rings. The molecule has 0 fully saturated rings. The maximum Gasteiger partial charge on any atom is 0.330 e. The van der Waals surface area contributed by atoms with Gasteiger partial charge in [-0.25, -0.2) is 4.79 Å². The van der Waals surface area contributed by atoms with E-state index in [0.29, 0.717) is 12.3 Å². The highest BCUT2D eigenvalue weighted by molar-refractivity contribution is 5.82. The van der Waals surface area contributed by atoms with Crippen molar-refractivity contribution >= 4 is 5.97 Å². The van der Waals surface area contributed by atoms with Crippen LogP contribution in [0.15, 0.2) is 24.3 Å². The summed E-state index contributed by atoms with van der Waals surface area (Å²) in [5.41, 5.74) is 0. The molecule has 0 spiro atoms. The van der Waals surface area contributed by atoms with Crippen molar-refractivity contribution in [2.75, 3.05) is 7.11 Å². The number of carbonyl (C=O) groups is 1. The minimum Gasteiger partial charge on any atom is -0.458 e. The van der Waals surface area contributed by atoms with Gasteiger partial charge in [0.1, 0.15) is 6.10 Å². The smallest absolute Gasteiger partial charge is 0.330 e. The predicted molar refractivity (Wildman–Crippen MR) is 92.0 cm³/mol. The lowest BCUT2D eigenvalue weighted by Crippen LogP contribution is -2.40. The van der Waals surface area contributed by atoms with Crippen molar-refractivity contribution in [2.24, 2.45) is 17.8 Å². The van der Waals surface area contributed by atoms with Gasteiger partial charge in [-0.3, -0.25) is 0 Å². The Kier molecular flexibility index (Phi) is 8.56. The van der Waals surface area contributed by atoms with Crippen molar-refractivity contribution in [3.63, 3.8) is 0 Å². The normalized spacial score (nSPS) is 26.8. The predicted octanol–water partition coefficient (Wildman–Crippen LogP) is 3.50. The first-order chi connectivity index (χ1) is 10.9. The molecule has 0 unspecified atom stereocenters. The standard InChI is InChI=1S/C19H32O4/c1-6-8-9-13(3)19(22-5)14(4)16(20)12-17-15(7-2)10-11-18(21)23-17/h6,8,10-11,13-17,19-20H,7,9,12H2,1-5H3/b8-6+/t13-,14-,15+,16+,17+,19+/m1/s1. The van der Waals surface area contributed by atoms with Crippen molar-refractivity contribution in [3.05, 3.63) is 24.3 Å². The summed E-state index contributed by atoms with van der Waals surface area (Å²) in [6.45, 7) is 8.21. The third-order valence-corrected chi connectivity index (χ3v) is 4.87. The number of ether oxygens (including phenoxy) is 2. The molecule has 0 aliphatic carbocycles. The second-order valence-corrected chi connectivity index (χ2v) is 6.55. The van der Waals surface area contributed by atoms with E-state index in [0.717, 1.165) is 12.8 Å². The first-order valence-corrected chi connectivity index (χ1v) is 8.65. The van der Waals surface area contributed by atoms with Gasteiger partial charge in [0.15, 0.2) is 0 Å². The van der Waals surface area contributed by atoms with Gasteiger partial charge in [-0.15, -0.1) is 0 Å². The first-order valence-electron chi connectivity index (χ1n) is 8.65. The fraction of sp³-hybridized carbons (Fsp3) is 0.737. The van der Waals surface area contributed by atoms with Crippen LogP contribution < -0.4 is 0 Å². The van der Waals surface area contributed by atoms with Crippen LogP contribution >= 0.6 is 0 Å². The quantitative estimate of drug-likeness (QED) is 0.521. The minimum absolute atomic E-state index is 0.0256. The number of methoxy groups -OCH3 is 1. The Labute approximate surface area is 140 Å². The monoisotopic (exact) mass is 324 g/mol. The lowest BCUT2D eigenvalue weighted by Gasteiger charge is -2.34. The first kappa shape index (κ1) is 19.9. The number of hydrogen-bond acceptors (Lipinski definition) is 4. The molecule has 0 saturated heterocycles. The Morgan fingerprint density at radius 1 is 1.43 bits per heavy atom. The summed E-state index contributed by atoms with van der Waals surface area (Å²) in [6, 6.07) is 0. The number of carbonyl (C=O) groups excluding carboxylic acids is 1. The zero-order valence-corrected chi connectivity index (χ0v) is 15.1. The number of aliphatic hydroxyl groups excluding tert-OH is 1. The molecule has 132 valence electrons. The number of aliphatic hydroxyl groups is 1. The minimum atomic E-state index is -0.564. The number of allylic oxidation sites excluding steroid dienone is 2. The summed E-state index contributed by atoms with van der Waals surface area (Å²) >= 11 is 0. The van der Waals surface area contributed by atoms with E-state index in [1.165, 1.54) is 6.08 Å². The molecule has 4 nitrogen and oxygen atoms in total. The lowest BCUT2D eigenvalue weighted by atomic mass is 9.83. The molecule has 0 saturated carbocycles. The molecule has 6 atom stereocenters. The molecule has 1 N–H and O–H groups in total. The average molecular weight is 324 g/mol. The van der Waals surface area contributed by atoms with E-state index < -0.39 is 6.10 Å². The summed E-state index contributed by atoms with van der Waals surface area (Å²) in [5, 5.41) is 10.6. The van der Waals surface area contributed by atoms with Crippen molar-refractivity contribution in [1.29, 1.82) is 0 Å². The van der Waals surface area contributed by atoms with Gasteiger partial charge in [-0.2, -0.15) is 0 Å². The summed E-state index contributed by atoms with van der Waals surface area (Å²) in [6.07, 6.45) is 8.95. The van der Waals surface area contributed by atoms with Crippen LogP contribution in [-0.4, -0.2) is 36.5 Å². The van der Waals surface area contributed by atoms with Crippen LogP contribution in [0.1, 0.15) is 47.0 Å². The number of rotatable bonds is 9. The second kappa shape index (κ2) is 9.89. The molecule has 0 bridgehead atoms. The van der Waals surface area contributed by atoms with Crippen molar-refractivity contribution in [3.8, 4) is 0 Å². The average Bonchev–Trinajstić information content (AvgIpc) is 2.53. The van der Waals surface area contributed by atoms with Gasteiger partial charge < -0.3 is 14.6 Å². The molecular weight excluding hydrogens is 292 g/mol. The topological polar surface area (TPSA) is 55.8 Å². The summed E-state index contributed by atoms with van der Waals surface area (Å²) in [7, 11) is 1.69. The van der Waals surface area contributed by atoms with Crippen LogP contribution in [0.5, 0.6) is 0 Å². The maximum atomic E-state index is 11.5. The lowest BCUT2D eigenvalue weighted by molar-refractivity contribution is -0.149. The molecule has 0 aromatic heterocycles. The van der Waals surface area contributed by atoms with Crippen molar-refractivity contribution in [1.82, 2.24) is 0 Å². The molecule has 0 aromatic rings. The Bertz CT molecular complexity index is 416. The van der Waals surface area contributed by atoms with Crippen molar-refractivity contribution in [2.45, 2.75) is 65.3 Å². The summed E-state index contributed by atoms with van der Waals surface area (Å²) < 4.78 is 11.1. The van der Waals surface area contributed by atoms with Crippen LogP contribution in [0.25, 0.3) is 0 Å². The Hall–Kier alpha value is -1.13. The molecule has 0 radical (unpaired) electrons. The molecule has 1 heterocycles. The van der Waals surface area contributed by atoms with E-state index in [9.17, 15) is 9.90 Å².